The minimum atomic E-state index is -0.398. The van der Waals surface area contributed by atoms with E-state index in [-0.39, 0.29) is 48.5 Å². The summed E-state index contributed by atoms with van der Waals surface area (Å²) in [6, 6.07) is 11.2. The summed E-state index contributed by atoms with van der Waals surface area (Å²) in [6.07, 6.45) is 1.96. The summed E-state index contributed by atoms with van der Waals surface area (Å²) in [7, 11) is 0. The third kappa shape index (κ3) is 4.73. The Morgan fingerprint density at radius 2 is 1.87 bits per heavy atom. The van der Waals surface area contributed by atoms with Gasteiger partial charge in [0, 0.05) is 19.1 Å². The van der Waals surface area contributed by atoms with Crippen molar-refractivity contribution < 1.29 is 23.9 Å². The van der Waals surface area contributed by atoms with Gasteiger partial charge in [-0.15, -0.1) is 0 Å². The quantitative estimate of drug-likeness (QED) is 0.667. The molecule has 4 amide bonds. The van der Waals surface area contributed by atoms with E-state index in [1.807, 2.05) is 24.3 Å². The minimum absolute atomic E-state index is 0.115. The first-order chi connectivity index (χ1) is 14.5. The summed E-state index contributed by atoms with van der Waals surface area (Å²) >= 11 is 0.957. The molecular formula is C21H21N3O5S. The van der Waals surface area contributed by atoms with E-state index in [1.165, 1.54) is 0 Å². The number of imide groups is 1. The molecule has 8 nitrogen and oxygen atoms in total. The molecule has 0 aromatic heterocycles. The van der Waals surface area contributed by atoms with Crippen molar-refractivity contribution in [2.75, 3.05) is 25.4 Å². The molecule has 1 aliphatic carbocycles. The number of amides is 4. The maximum absolute atomic E-state index is 12.8. The Bertz CT molecular complexity index is 1000. The van der Waals surface area contributed by atoms with E-state index in [2.05, 4.69) is 10.6 Å². The molecule has 2 aromatic carbocycles. The molecule has 0 radical (unpaired) electrons. The van der Waals surface area contributed by atoms with E-state index in [0.717, 1.165) is 40.3 Å². The lowest BCUT2D eigenvalue weighted by molar-refractivity contribution is -0.124. The molecule has 1 saturated heterocycles. The lowest BCUT2D eigenvalue weighted by Crippen LogP contribution is -2.37. The monoisotopic (exact) mass is 427 g/mol. The van der Waals surface area contributed by atoms with Crippen LogP contribution in [0.5, 0.6) is 5.75 Å². The summed E-state index contributed by atoms with van der Waals surface area (Å²) in [6.45, 7) is 0.0679. The van der Waals surface area contributed by atoms with Gasteiger partial charge in [0.05, 0.1) is 11.3 Å². The molecule has 1 heterocycles. The van der Waals surface area contributed by atoms with Gasteiger partial charge in [-0.25, -0.2) is 0 Å². The zero-order valence-corrected chi connectivity index (χ0v) is 17.0. The molecule has 0 bridgehead atoms. The van der Waals surface area contributed by atoms with Crippen molar-refractivity contribution in [3.05, 3.63) is 42.0 Å². The first-order valence-electron chi connectivity index (χ1n) is 9.71. The van der Waals surface area contributed by atoms with Gasteiger partial charge >= 0.3 is 0 Å². The third-order valence-corrected chi connectivity index (χ3v) is 5.71. The van der Waals surface area contributed by atoms with Crippen LogP contribution in [0.3, 0.4) is 0 Å². The summed E-state index contributed by atoms with van der Waals surface area (Å²) in [5.41, 5.74) is 0.293. The number of ether oxygens (including phenoxy) is 1. The summed E-state index contributed by atoms with van der Waals surface area (Å²) in [5.74, 6) is -0.430. The Kier molecular flexibility index (Phi) is 5.89. The molecule has 2 aliphatic rings. The van der Waals surface area contributed by atoms with Crippen molar-refractivity contribution in [3.63, 3.8) is 0 Å². The average Bonchev–Trinajstić information content (AvgIpc) is 3.50. The van der Waals surface area contributed by atoms with E-state index in [1.54, 1.807) is 12.1 Å². The van der Waals surface area contributed by atoms with Gasteiger partial charge in [0.25, 0.3) is 17.1 Å². The predicted molar refractivity (Wildman–Crippen MR) is 113 cm³/mol. The zero-order valence-electron chi connectivity index (χ0n) is 16.2. The van der Waals surface area contributed by atoms with Crippen LogP contribution in [-0.4, -0.2) is 59.4 Å². The lowest BCUT2D eigenvalue weighted by atomic mass is 10.1. The van der Waals surface area contributed by atoms with E-state index in [9.17, 15) is 19.2 Å². The van der Waals surface area contributed by atoms with Gasteiger partial charge in [-0.05, 0) is 35.7 Å². The molecule has 2 fully saturated rings. The molecule has 0 atom stereocenters. The van der Waals surface area contributed by atoms with Gasteiger partial charge in [0.1, 0.15) is 5.75 Å². The third-order valence-electron chi connectivity index (χ3n) is 4.86. The van der Waals surface area contributed by atoms with Crippen LogP contribution in [0.4, 0.5) is 4.79 Å². The molecule has 0 unspecified atom stereocenters. The molecule has 30 heavy (non-hydrogen) atoms. The predicted octanol–water partition coefficient (Wildman–Crippen LogP) is 1.92. The van der Waals surface area contributed by atoms with Crippen LogP contribution < -0.4 is 15.4 Å². The SMILES string of the molecule is O=C(COc1cc2ccccc2cc1C(=O)NCCN1C(=O)CSC1=O)NC1CC1. The van der Waals surface area contributed by atoms with E-state index in [4.69, 9.17) is 4.74 Å². The van der Waals surface area contributed by atoms with Crippen molar-refractivity contribution in [2.45, 2.75) is 18.9 Å². The Morgan fingerprint density at radius 1 is 1.13 bits per heavy atom. The Labute approximate surface area is 177 Å². The van der Waals surface area contributed by atoms with Gasteiger partial charge in [-0.1, -0.05) is 36.0 Å². The highest BCUT2D eigenvalue weighted by Gasteiger charge is 2.29. The molecule has 156 valence electrons. The van der Waals surface area contributed by atoms with Crippen molar-refractivity contribution in [1.29, 1.82) is 0 Å². The molecule has 2 N–H and O–H groups in total. The van der Waals surface area contributed by atoms with Gasteiger partial charge in [-0.3, -0.25) is 24.1 Å². The molecule has 9 heteroatoms. The Balaban J connectivity index is 1.45. The van der Waals surface area contributed by atoms with E-state index < -0.39 is 5.91 Å². The first kappa shape index (κ1) is 20.2. The van der Waals surface area contributed by atoms with Crippen LogP contribution in [0.15, 0.2) is 36.4 Å². The fourth-order valence-electron chi connectivity index (χ4n) is 3.13. The highest BCUT2D eigenvalue weighted by molar-refractivity contribution is 8.14. The number of hydrogen-bond donors (Lipinski definition) is 2. The number of rotatable bonds is 8. The van der Waals surface area contributed by atoms with Crippen LogP contribution in [0, 0.1) is 0 Å². The summed E-state index contributed by atoms with van der Waals surface area (Å²) in [5, 5.41) is 7.02. The second kappa shape index (κ2) is 8.74. The molecule has 0 spiro atoms. The van der Waals surface area contributed by atoms with Crippen molar-refractivity contribution in [2.24, 2.45) is 0 Å². The van der Waals surface area contributed by atoms with E-state index >= 15 is 0 Å². The number of thioether (sulfide) groups is 1. The number of fused-ring (bicyclic) bond motifs is 1. The van der Waals surface area contributed by atoms with Crippen molar-refractivity contribution in [3.8, 4) is 5.75 Å². The number of benzene rings is 2. The Morgan fingerprint density at radius 3 is 2.53 bits per heavy atom. The smallest absolute Gasteiger partial charge is 0.288 e. The fraction of sp³-hybridized carbons (Fsp3) is 0.333. The standard InChI is InChI=1S/C21H21N3O5S/c25-18(23-15-5-6-15)11-29-17-10-14-4-2-1-3-13(14)9-16(17)20(27)22-7-8-24-19(26)12-30-21(24)28/h1-4,9-10,15H,5-8,11-12H2,(H,22,27)(H,23,25). The summed E-state index contributed by atoms with van der Waals surface area (Å²) < 4.78 is 5.68. The number of carbonyl (C=O) groups excluding carboxylic acids is 4. The molecule has 4 rings (SSSR count). The summed E-state index contributed by atoms with van der Waals surface area (Å²) in [4.78, 5) is 49.2. The maximum Gasteiger partial charge on any atom is 0.288 e. The average molecular weight is 427 g/mol. The second-order valence-corrected chi connectivity index (χ2v) is 8.11. The number of nitrogens with one attached hydrogen (secondary N) is 2. The van der Waals surface area contributed by atoms with Crippen LogP contribution in [-0.2, 0) is 9.59 Å². The topological polar surface area (TPSA) is 105 Å². The molecule has 2 aromatic rings. The number of carbonyl (C=O) groups is 4. The van der Waals surface area contributed by atoms with E-state index in [0.29, 0.717) is 11.3 Å². The van der Waals surface area contributed by atoms with Crippen LogP contribution in [0.2, 0.25) is 0 Å². The molecular weight excluding hydrogens is 406 g/mol. The van der Waals surface area contributed by atoms with Gasteiger partial charge in [0.15, 0.2) is 6.61 Å². The van der Waals surface area contributed by atoms with Crippen molar-refractivity contribution in [1.82, 2.24) is 15.5 Å². The zero-order chi connectivity index (χ0) is 21.1. The fourth-order valence-corrected chi connectivity index (χ4v) is 3.88. The van der Waals surface area contributed by atoms with Gasteiger partial charge < -0.3 is 15.4 Å². The van der Waals surface area contributed by atoms with Crippen LogP contribution in [0.1, 0.15) is 23.2 Å². The maximum atomic E-state index is 12.8. The lowest BCUT2D eigenvalue weighted by Gasteiger charge is -2.15. The second-order valence-electron chi connectivity index (χ2n) is 7.18. The molecule has 1 aliphatic heterocycles. The highest BCUT2D eigenvalue weighted by Crippen LogP contribution is 2.26. The minimum Gasteiger partial charge on any atom is -0.483 e. The Hall–Kier alpha value is -3.07. The first-order valence-corrected chi connectivity index (χ1v) is 10.7. The normalized spacial score (nSPS) is 16.1. The van der Waals surface area contributed by atoms with Crippen LogP contribution >= 0.6 is 11.8 Å². The highest BCUT2D eigenvalue weighted by atomic mass is 32.2. The van der Waals surface area contributed by atoms with Crippen molar-refractivity contribution >= 4 is 45.5 Å². The number of hydrogen-bond acceptors (Lipinski definition) is 6. The van der Waals surface area contributed by atoms with Gasteiger partial charge in [-0.2, -0.15) is 0 Å². The number of nitrogens with zero attached hydrogens (tertiary/aromatic N) is 1. The van der Waals surface area contributed by atoms with Gasteiger partial charge in [0.2, 0.25) is 5.91 Å². The molecule has 1 saturated carbocycles. The van der Waals surface area contributed by atoms with Crippen LogP contribution in [0.25, 0.3) is 10.8 Å². The largest absolute Gasteiger partial charge is 0.483 e.